The number of benzene rings is 1. The van der Waals surface area contributed by atoms with Crippen molar-refractivity contribution in [3.05, 3.63) is 29.8 Å². The van der Waals surface area contributed by atoms with Crippen LogP contribution in [0.3, 0.4) is 0 Å². The van der Waals surface area contributed by atoms with E-state index in [1.165, 1.54) is 25.7 Å². The molecule has 2 amide bonds. The van der Waals surface area contributed by atoms with E-state index < -0.39 is 0 Å². The van der Waals surface area contributed by atoms with Crippen molar-refractivity contribution < 1.29 is 9.59 Å². The van der Waals surface area contributed by atoms with Crippen LogP contribution in [0.1, 0.15) is 56.3 Å². The maximum absolute atomic E-state index is 12.6. The number of nitrogens with one attached hydrogen (secondary N) is 3. The van der Waals surface area contributed by atoms with E-state index >= 15 is 0 Å². The largest absolute Gasteiger partial charge is 0.351 e. The van der Waals surface area contributed by atoms with Crippen LogP contribution in [-0.4, -0.2) is 55.0 Å². The molecule has 8 heteroatoms. The van der Waals surface area contributed by atoms with Gasteiger partial charge in [0.25, 0.3) is 5.91 Å². The third-order valence-electron chi connectivity index (χ3n) is 6.20. The minimum Gasteiger partial charge on any atom is -0.351 e. The van der Waals surface area contributed by atoms with Gasteiger partial charge in [-0.25, -0.2) is 0 Å². The standard InChI is InChI=1S/C22H34N4O2.2ClH/c1-3-26(4-2)14-13-23-21(27)16-9-11-18(12-10-16)24-22(28)20-15-17-7-5-6-8-19(17)25-20;;/h9-12,17,19-20,25H,3-8,13-15H2,1-2H3,(H,23,27)(H,24,28);2*1H. The number of rotatable bonds is 8. The van der Waals surface area contributed by atoms with Crippen molar-refractivity contribution in [3.63, 3.8) is 0 Å². The molecule has 1 heterocycles. The summed E-state index contributed by atoms with van der Waals surface area (Å²) in [4.78, 5) is 27.1. The molecule has 1 aromatic carbocycles. The van der Waals surface area contributed by atoms with Crippen LogP contribution in [0.25, 0.3) is 0 Å². The minimum absolute atomic E-state index is 0. The number of carbonyl (C=O) groups excluding carboxylic acids is 2. The van der Waals surface area contributed by atoms with Crippen LogP contribution in [0.5, 0.6) is 0 Å². The zero-order chi connectivity index (χ0) is 19.9. The number of carbonyl (C=O) groups is 2. The highest BCUT2D eigenvalue weighted by Crippen LogP contribution is 2.33. The number of nitrogens with zero attached hydrogens (tertiary/aromatic N) is 1. The Labute approximate surface area is 192 Å². The predicted molar refractivity (Wildman–Crippen MR) is 127 cm³/mol. The highest BCUT2D eigenvalue weighted by Gasteiger charge is 2.38. The molecule has 1 saturated heterocycles. The van der Waals surface area contributed by atoms with Gasteiger partial charge in [-0.3, -0.25) is 9.59 Å². The summed E-state index contributed by atoms with van der Waals surface area (Å²) in [5, 5.41) is 9.45. The second-order valence-corrected chi connectivity index (χ2v) is 7.96. The van der Waals surface area contributed by atoms with E-state index in [9.17, 15) is 9.59 Å². The molecule has 3 N–H and O–H groups in total. The molecule has 1 aliphatic heterocycles. The lowest BCUT2D eigenvalue weighted by Crippen LogP contribution is -2.39. The van der Waals surface area contributed by atoms with Crippen LogP contribution < -0.4 is 16.0 Å². The van der Waals surface area contributed by atoms with E-state index in [0.717, 1.165) is 31.7 Å². The molecule has 3 rings (SSSR count). The van der Waals surface area contributed by atoms with Gasteiger partial charge in [-0.15, -0.1) is 24.8 Å². The van der Waals surface area contributed by atoms with Gasteiger partial charge in [-0.1, -0.05) is 26.7 Å². The first-order chi connectivity index (χ1) is 13.6. The smallest absolute Gasteiger partial charge is 0.251 e. The van der Waals surface area contributed by atoms with E-state index in [0.29, 0.717) is 24.1 Å². The summed E-state index contributed by atoms with van der Waals surface area (Å²) in [6.07, 6.45) is 5.91. The molecule has 1 aromatic rings. The van der Waals surface area contributed by atoms with Gasteiger partial charge in [-0.2, -0.15) is 0 Å². The summed E-state index contributed by atoms with van der Waals surface area (Å²) in [6.45, 7) is 7.69. The average Bonchev–Trinajstić information content (AvgIpc) is 3.16. The van der Waals surface area contributed by atoms with Crippen molar-refractivity contribution in [2.75, 3.05) is 31.5 Å². The fourth-order valence-electron chi connectivity index (χ4n) is 4.42. The lowest BCUT2D eigenvalue weighted by atomic mass is 9.85. The molecule has 0 bridgehead atoms. The summed E-state index contributed by atoms with van der Waals surface area (Å²) in [7, 11) is 0. The van der Waals surface area contributed by atoms with Crippen molar-refractivity contribution in [3.8, 4) is 0 Å². The average molecular weight is 459 g/mol. The molecule has 1 aliphatic carbocycles. The van der Waals surface area contributed by atoms with Crippen LogP contribution in [0.4, 0.5) is 5.69 Å². The number of likely N-dealkylation sites (N-methyl/N-ethyl adjacent to an activating group) is 1. The number of fused-ring (bicyclic) bond motifs is 1. The summed E-state index contributed by atoms with van der Waals surface area (Å²) in [5.74, 6) is 0.601. The molecule has 0 spiro atoms. The number of halogens is 2. The Morgan fingerprint density at radius 1 is 1.07 bits per heavy atom. The molecular weight excluding hydrogens is 423 g/mol. The highest BCUT2D eigenvalue weighted by atomic mass is 35.5. The monoisotopic (exact) mass is 458 g/mol. The maximum atomic E-state index is 12.6. The van der Waals surface area contributed by atoms with Crippen molar-refractivity contribution in [1.82, 2.24) is 15.5 Å². The first-order valence-corrected chi connectivity index (χ1v) is 10.8. The van der Waals surface area contributed by atoms with E-state index in [-0.39, 0.29) is 42.7 Å². The molecular formula is C22H36Cl2N4O2. The Hall–Kier alpha value is -1.34. The molecule has 6 nitrogen and oxygen atoms in total. The van der Waals surface area contributed by atoms with Gasteiger partial charge in [0, 0.05) is 30.4 Å². The Morgan fingerprint density at radius 2 is 1.73 bits per heavy atom. The van der Waals surface area contributed by atoms with Crippen molar-refractivity contribution in [2.45, 2.75) is 58.0 Å². The summed E-state index contributed by atoms with van der Waals surface area (Å²) in [5.41, 5.74) is 1.35. The molecule has 2 fully saturated rings. The van der Waals surface area contributed by atoms with E-state index in [1.807, 2.05) is 0 Å². The van der Waals surface area contributed by atoms with Crippen molar-refractivity contribution in [1.29, 1.82) is 0 Å². The van der Waals surface area contributed by atoms with Gasteiger partial charge < -0.3 is 20.9 Å². The van der Waals surface area contributed by atoms with Crippen molar-refractivity contribution in [2.24, 2.45) is 5.92 Å². The Morgan fingerprint density at radius 3 is 2.37 bits per heavy atom. The fraction of sp³-hybridized carbons (Fsp3) is 0.636. The van der Waals surface area contributed by atoms with Crippen LogP contribution >= 0.6 is 24.8 Å². The quantitative estimate of drug-likeness (QED) is 0.557. The van der Waals surface area contributed by atoms with E-state index in [1.54, 1.807) is 24.3 Å². The molecule has 170 valence electrons. The summed E-state index contributed by atoms with van der Waals surface area (Å²) < 4.78 is 0. The second-order valence-electron chi connectivity index (χ2n) is 7.96. The lowest BCUT2D eigenvalue weighted by Gasteiger charge is -2.24. The molecule has 2 aliphatic rings. The molecule has 1 saturated carbocycles. The van der Waals surface area contributed by atoms with Crippen LogP contribution in [0.2, 0.25) is 0 Å². The Kier molecular flexibility index (Phi) is 11.7. The van der Waals surface area contributed by atoms with Crippen LogP contribution in [0, 0.1) is 5.92 Å². The van der Waals surface area contributed by atoms with Gasteiger partial charge in [0.1, 0.15) is 0 Å². The third-order valence-corrected chi connectivity index (χ3v) is 6.20. The lowest BCUT2D eigenvalue weighted by molar-refractivity contribution is -0.117. The van der Waals surface area contributed by atoms with E-state index in [2.05, 4.69) is 34.7 Å². The molecule has 0 aromatic heterocycles. The van der Waals surface area contributed by atoms with Gasteiger partial charge in [0.05, 0.1) is 6.04 Å². The predicted octanol–water partition coefficient (Wildman–Crippen LogP) is 3.46. The first-order valence-electron chi connectivity index (χ1n) is 10.8. The number of anilines is 1. The van der Waals surface area contributed by atoms with Gasteiger partial charge in [-0.05, 0) is 62.5 Å². The Bertz CT molecular complexity index is 654. The number of amides is 2. The molecule has 30 heavy (non-hydrogen) atoms. The maximum Gasteiger partial charge on any atom is 0.251 e. The zero-order valence-corrected chi connectivity index (χ0v) is 19.6. The molecule has 0 radical (unpaired) electrons. The zero-order valence-electron chi connectivity index (χ0n) is 18.0. The number of hydrogen-bond acceptors (Lipinski definition) is 4. The SMILES string of the molecule is CCN(CC)CCNC(=O)c1ccc(NC(=O)C2CC3CCCCC3N2)cc1.Cl.Cl. The molecule has 3 atom stereocenters. The summed E-state index contributed by atoms with van der Waals surface area (Å²) >= 11 is 0. The highest BCUT2D eigenvalue weighted by molar-refractivity contribution is 5.97. The third kappa shape index (κ3) is 7.12. The molecule has 3 unspecified atom stereocenters. The summed E-state index contributed by atoms with van der Waals surface area (Å²) in [6, 6.07) is 7.55. The Balaban J connectivity index is 0.00000225. The topological polar surface area (TPSA) is 73.5 Å². The van der Waals surface area contributed by atoms with Gasteiger partial charge >= 0.3 is 0 Å². The van der Waals surface area contributed by atoms with Gasteiger partial charge in [0.2, 0.25) is 5.91 Å². The number of hydrogen-bond donors (Lipinski definition) is 3. The minimum atomic E-state index is -0.101. The fourth-order valence-corrected chi connectivity index (χ4v) is 4.42. The van der Waals surface area contributed by atoms with Crippen LogP contribution in [-0.2, 0) is 4.79 Å². The van der Waals surface area contributed by atoms with Crippen LogP contribution in [0.15, 0.2) is 24.3 Å². The normalized spacial score (nSPS) is 22.4. The van der Waals surface area contributed by atoms with Crippen molar-refractivity contribution >= 4 is 42.3 Å². The van der Waals surface area contributed by atoms with Gasteiger partial charge in [0.15, 0.2) is 0 Å². The second kappa shape index (κ2) is 13.2. The van der Waals surface area contributed by atoms with E-state index in [4.69, 9.17) is 0 Å². The first kappa shape index (κ1) is 26.7.